The fourth-order valence-corrected chi connectivity index (χ4v) is 2.59. The number of esters is 2. The molecule has 0 aliphatic carbocycles. The van der Waals surface area contributed by atoms with Crippen molar-refractivity contribution in [2.24, 2.45) is 0 Å². The number of benzene rings is 3. The second-order valence-corrected chi connectivity index (χ2v) is 6.15. The van der Waals surface area contributed by atoms with Crippen LogP contribution in [0, 0.1) is 0 Å². The van der Waals surface area contributed by atoms with Crippen LogP contribution in [0.5, 0.6) is 11.5 Å². The van der Waals surface area contributed by atoms with Gasteiger partial charge in [-0.05, 0) is 47.5 Å². The van der Waals surface area contributed by atoms with Crippen molar-refractivity contribution in [1.82, 2.24) is 0 Å². The van der Waals surface area contributed by atoms with Gasteiger partial charge in [-0.15, -0.1) is 0 Å². The maximum Gasteiger partial charge on any atom is 0.346 e. The molecule has 0 aliphatic heterocycles. The molecular formula is C25H20O5. The number of methoxy groups -OCH3 is 1. The molecule has 3 rings (SSSR count). The average molecular weight is 400 g/mol. The summed E-state index contributed by atoms with van der Waals surface area (Å²) in [7, 11) is 1.46. The second-order valence-electron chi connectivity index (χ2n) is 6.15. The van der Waals surface area contributed by atoms with E-state index in [9.17, 15) is 9.59 Å². The maximum absolute atomic E-state index is 12.3. The molecule has 0 N–H and O–H groups in total. The first kappa shape index (κ1) is 20.6. The van der Waals surface area contributed by atoms with Crippen LogP contribution in [0.4, 0.5) is 0 Å². The summed E-state index contributed by atoms with van der Waals surface area (Å²) in [5, 5.41) is 0. The summed E-state index contributed by atoms with van der Waals surface area (Å²) in [6.45, 7) is 0. The topological polar surface area (TPSA) is 61.8 Å². The molecular weight excluding hydrogens is 380 g/mol. The van der Waals surface area contributed by atoms with Crippen LogP contribution in [0.1, 0.15) is 21.5 Å². The summed E-state index contributed by atoms with van der Waals surface area (Å²) in [6, 6.07) is 23.2. The fraction of sp³-hybridized carbons (Fsp3) is 0.0400. The van der Waals surface area contributed by atoms with E-state index in [-0.39, 0.29) is 5.56 Å². The molecule has 150 valence electrons. The monoisotopic (exact) mass is 400 g/mol. The van der Waals surface area contributed by atoms with Gasteiger partial charge in [-0.2, -0.15) is 0 Å². The molecule has 0 amide bonds. The molecule has 0 unspecified atom stereocenters. The number of hydrogen-bond acceptors (Lipinski definition) is 5. The minimum atomic E-state index is -0.543. The summed E-state index contributed by atoms with van der Waals surface area (Å²) in [6.07, 6.45) is 5.92. The van der Waals surface area contributed by atoms with Gasteiger partial charge in [-0.3, -0.25) is 0 Å². The van der Waals surface area contributed by atoms with Gasteiger partial charge >= 0.3 is 11.9 Å². The highest BCUT2D eigenvalue weighted by molar-refractivity contribution is 5.94. The predicted molar refractivity (Wildman–Crippen MR) is 115 cm³/mol. The van der Waals surface area contributed by atoms with E-state index in [1.165, 1.54) is 19.4 Å². The Morgan fingerprint density at radius 1 is 0.800 bits per heavy atom. The Balaban J connectivity index is 1.64. The Morgan fingerprint density at radius 2 is 1.50 bits per heavy atom. The van der Waals surface area contributed by atoms with Crippen LogP contribution >= 0.6 is 0 Å². The molecule has 30 heavy (non-hydrogen) atoms. The second kappa shape index (κ2) is 10.4. The Kier molecular flexibility index (Phi) is 7.17. The molecule has 0 spiro atoms. The molecule has 0 atom stereocenters. The van der Waals surface area contributed by atoms with Crippen molar-refractivity contribution >= 4 is 24.1 Å². The van der Waals surface area contributed by atoms with Gasteiger partial charge in [0.15, 0.2) is 0 Å². The van der Waals surface area contributed by atoms with E-state index >= 15 is 0 Å². The third kappa shape index (κ3) is 5.94. The molecule has 0 heterocycles. The molecule has 0 saturated carbocycles. The zero-order chi connectivity index (χ0) is 21.2. The van der Waals surface area contributed by atoms with Crippen LogP contribution in [0.15, 0.2) is 91.2 Å². The van der Waals surface area contributed by atoms with E-state index in [0.717, 1.165) is 5.56 Å². The molecule has 0 aliphatic rings. The van der Waals surface area contributed by atoms with Crippen molar-refractivity contribution in [2.75, 3.05) is 7.11 Å². The molecule has 5 nitrogen and oxygen atoms in total. The number of rotatable bonds is 7. The number of para-hydroxylation sites is 1. The highest BCUT2D eigenvalue weighted by Gasteiger charge is 2.13. The zero-order valence-corrected chi connectivity index (χ0v) is 16.4. The van der Waals surface area contributed by atoms with Crippen LogP contribution in [0.25, 0.3) is 12.2 Å². The van der Waals surface area contributed by atoms with Crippen molar-refractivity contribution in [2.45, 2.75) is 0 Å². The highest BCUT2D eigenvalue weighted by atomic mass is 16.5. The van der Waals surface area contributed by atoms with E-state index in [1.807, 2.05) is 36.4 Å². The summed E-state index contributed by atoms with van der Waals surface area (Å²) < 4.78 is 15.7. The van der Waals surface area contributed by atoms with Crippen molar-refractivity contribution in [3.8, 4) is 11.5 Å². The first-order valence-electron chi connectivity index (χ1n) is 9.21. The third-order valence-corrected chi connectivity index (χ3v) is 4.05. The van der Waals surface area contributed by atoms with Gasteiger partial charge in [0.05, 0.1) is 13.4 Å². The Morgan fingerprint density at radius 3 is 2.20 bits per heavy atom. The number of hydrogen-bond donors (Lipinski definition) is 0. The summed E-state index contributed by atoms with van der Waals surface area (Å²) in [4.78, 5) is 24.3. The van der Waals surface area contributed by atoms with Gasteiger partial charge in [0.25, 0.3) is 0 Å². The first-order chi connectivity index (χ1) is 14.7. The normalized spacial score (nSPS) is 10.8. The SMILES string of the molecule is COc1cc(/C=C/C(=O)Oc2ccccc2)ccc1C(=O)O/C=C/c1ccccc1. The summed E-state index contributed by atoms with van der Waals surface area (Å²) in [5.74, 6) is -0.245. The Bertz CT molecular complexity index is 1050. The van der Waals surface area contributed by atoms with Crippen LogP contribution in [-0.4, -0.2) is 19.0 Å². The van der Waals surface area contributed by atoms with E-state index in [2.05, 4.69) is 0 Å². The highest BCUT2D eigenvalue weighted by Crippen LogP contribution is 2.22. The quantitative estimate of drug-likeness (QED) is 0.238. The zero-order valence-electron chi connectivity index (χ0n) is 16.4. The lowest BCUT2D eigenvalue weighted by Crippen LogP contribution is -2.04. The largest absolute Gasteiger partial charge is 0.496 e. The van der Waals surface area contributed by atoms with Crippen molar-refractivity contribution < 1.29 is 23.8 Å². The lowest BCUT2D eigenvalue weighted by Gasteiger charge is -2.08. The smallest absolute Gasteiger partial charge is 0.346 e. The van der Waals surface area contributed by atoms with Gasteiger partial charge in [-0.1, -0.05) is 54.6 Å². The van der Waals surface area contributed by atoms with Gasteiger partial charge in [0.2, 0.25) is 0 Å². The Hall–Kier alpha value is -4.12. The van der Waals surface area contributed by atoms with Crippen LogP contribution in [0.2, 0.25) is 0 Å². The molecule has 0 aromatic heterocycles. The Labute approximate surface area is 174 Å². The summed E-state index contributed by atoms with van der Waals surface area (Å²) >= 11 is 0. The minimum Gasteiger partial charge on any atom is -0.496 e. The third-order valence-electron chi connectivity index (χ3n) is 4.05. The van der Waals surface area contributed by atoms with Gasteiger partial charge in [0.1, 0.15) is 17.1 Å². The minimum absolute atomic E-state index is 0.277. The van der Waals surface area contributed by atoms with Gasteiger partial charge in [-0.25, -0.2) is 9.59 Å². The van der Waals surface area contributed by atoms with E-state index < -0.39 is 11.9 Å². The molecule has 0 fully saturated rings. The standard InChI is InChI=1S/C25H20O5/c1-28-23-18-20(13-15-24(26)30-21-10-6-3-7-11-21)12-14-22(23)25(27)29-17-16-19-8-4-2-5-9-19/h2-18H,1H3/b15-13+,17-16+. The molecule has 0 saturated heterocycles. The lowest BCUT2D eigenvalue weighted by molar-refractivity contribution is -0.128. The molecule has 0 radical (unpaired) electrons. The number of carbonyl (C=O) groups excluding carboxylic acids is 2. The van der Waals surface area contributed by atoms with Crippen LogP contribution in [0.3, 0.4) is 0 Å². The van der Waals surface area contributed by atoms with E-state index in [4.69, 9.17) is 14.2 Å². The van der Waals surface area contributed by atoms with Crippen molar-refractivity contribution in [3.05, 3.63) is 108 Å². The van der Waals surface area contributed by atoms with E-state index in [0.29, 0.717) is 17.1 Å². The van der Waals surface area contributed by atoms with Gasteiger partial charge < -0.3 is 14.2 Å². The molecule has 5 heteroatoms. The first-order valence-corrected chi connectivity index (χ1v) is 9.21. The fourth-order valence-electron chi connectivity index (χ4n) is 2.59. The average Bonchev–Trinajstić information content (AvgIpc) is 2.79. The van der Waals surface area contributed by atoms with Crippen molar-refractivity contribution in [3.63, 3.8) is 0 Å². The van der Waals surface area contributed by atoms with Crippen LogP contribution in [-0.2, 0) is 9.53 Å². The summed E-state index contributed by atoms with van der Waals surface area (Å²) in [5.41, 5.74) is 1.87. The predicted octanol–water partition coefficient (Wildman–Crippen LogP) is 5.14. The maximum atomic E-state index is 12.3. The molecule has 3 aromatic rings. The molecule has 3 aromatic carbocycles. The number of carbonyl (C=O) groups is 2. The van der Waals surface area contributed by atoms with Gasteiger partial charge in [0, 0.05) is 6.08 Å². The lowest BCUT2D eigenvalue weighted by atomic mass is 10.1. The van der Waals surface area contributed by atoms with Crippen LogP contribution < -0.4 is 9.47 Å². The van der Waals surface area contributed by atoms with Crippen molar-refractivity contribution in [1.29, 1.82) is 0 Å². The number of ether oxygens (including phenoxy) is 3. The van der Waals surface area contributed by atoms with E-state index in [1.54, 1.807) is 54.6 Å². The molecule has 0 bridgehead atoms.